The lowest BCUT2D eigenvalue weighted by Gasteiger charge is -2.10. The molecule has 4 nitrogen and oxygen atoms in total. The maximum Gasteiger partial charge on any atom is 0.228 e. The molecule has 0 aliphatic carbocycles. The van der Waals surface area contributed by atoms with Crippen LogP contribution in [0.15, 0.2) is 54.6 Å². The van der Waals surface area contributed by atoms with Crippen LogP contribution in [-0.4, -0.2) is 13.0 Å². The van der Waals surface area contributed by atoms with Crippen molar-refractivity contribution in [3.63, 3.8) is 0 Å². The lowest BCUT2D eigenvalue weighted by Crippen LogP contribution is -2.13. The van der Waals surface area contributed by atoms with Crippen LogP contribution in [0.1, 0.15) is 12.0 Å². The predicted molar refractivity (Wildman–Crippen MR) is 94.3 cm³/mol. The second kappa shape index (κ2) is 8.58. The summed E-state index contributed by atoms with van der Waals surface area (Å²) in [5.74, 6) is -0.133. The quantitative estimate of drug-likeness (QED) is 0.753. The van der Waals surface area contributed by atoms with Crippen molar-refractivity contribution in [1.82, 2.24) is 5.48 Å². The molecule has 23 heavy (non-hydrogen) atoms. The van der Waals surface area contributed by atoms with Gasteiger partial charge in [-0.2, -0.15) is 0 Å². The molecule has 0 unspecified atom stereocenters. The molecule has 0 bridgehead atoms. The Morgan fingerprint density at radius 2 is 1.87 bits per heavy atom. The molecule has 0 saturated carbocycles. The highest BCUT2D eigenvalue weighted by Crippen LogP contribution is 2.25. The minimum atomic E-state index is -0.133. The Hall–Kier alpha value is -2.01. The van der Waals surface area contributed by atoms with Gasteiger partial charge < -0.3 is 5.32 Å². The molecule has 0 heterocycles. The zero-order valence-electron chi connectivity index (χ0n) is 12.5. The maximum absolute atomic E-state index is 12.0. The topological polar surface area (TPSA) is 50.4 Å². The van der Waals surface area contributed by atoms with E-state index in [4.69, 9.17) is 28.0 Å². The summed E-state index contributed by atoms with van der Waals surface area (Å²) in [7, 11) is 1.50. The average Bonchev–Trinajstić information content (AvgIpc) is 2.55. The molecule has 0 aliphatic rings. The van der Waals surface area contributed by atoms with Gasteiger partial charge in [0.2, 0.25) is 5.91 Å². The second-order valence-corrected chi connectivity index (χ2v) is 5.49. The van der Waals surface area contributed by atoms with Gasteiger partial charge >= 0.3 is 0 Å². The van der Waals surface area contributed by atoms with Crippen molar-refractivity contribution < 1.29 is 9.63 Å². The van der Waals surface area contributed by atoms with Crippen LogP contribution in [0.3, 0.4) is 0 Å². The SMILES string of the molecule is CONC(=CCC(=O)Nc1ccccc1)c1ccc(Cl)c(Cl)c1. The predicted octanol–water partition coefficient (Wildman–Crippen LogP) is 4.51. The van der Waals surface area contributed by atoms with Gasteiger partial charge in [0.05, 0.1) is 22.9 Å². The molecule has 0 aliphatic heterocycles. The van der Waals surface area contributed by atoms with Crippen molar-refractivity contribution >= 4 is 40.5 Å². The molecular weight excluding hydrogens is 335 g/mol. The Morgan fingerprint density at radius 1 is 1.13 bits per heavy atom. The number of rotatable bonds is 6. The van der Waals surface area contributed by atoms with E-state index in [0.717, 1.165) is 11.3 Å². The molecule has 0 radical (unpaired) electrons. The first-order chi connectivity index (χ1) is 11.1. The van der Waals surface area contributed by atoms with E-state index in [9.17, 15) is 4.79 Å². The van der Waals surface area contributed by atoms with Gasteiger partial charge in [-0.25, -0.2) is 0 Å². The Bertz CT molecular complexity index is 703. The van der Waals surface area contributed by atoms with Gasteiger partial charge in [-0.05, 0) is 30.3 Å². The second-order valence-electron chi connectivity index (χ2n) is 4.67. The number of hydroxylamine groups is 1. The number of carbonyl (C=O) groups excluding carboxylic acids is 1. The Morgan fingerprint density at radius 3 is 2.52 bits per heavy atom. The Kier molecular flexibility index (Phi) is 6.47. The average molecular weight is 351 g/mol. The molecule has 0 spiro atoms. The molecule has 0 fully saturated rings. The first-order valence-electron chi connectivity index (χ1n) is 6.89. The highest BCUT2D eigenvalue weighted by molar-refractivity contribution is 6.42. The van der Waals surface area contributed by atoms with Crippen LogP contribution in [0.5, 0.6) is 0 Å². The minimum absolute atomic E-state index is 0.133. The normalized spacial score (nSPS) is 11.2. The fourth-order valence-corrected chi connectivity index (χ4v) is 2.22. The third-order valence-corrected chi connectivity index (χ3v) is 3.73. The number of halogens is 2. The van der Waals surface area contributed by atoms with E-state index < -0.39 is 0 Å². The Balaban J connectivity index is 2.09. The summed E-state index contributed by atoms with van der Waals surface area (Å²) >= 11 is 11.9. The van der Waals surface area contributed by atoms with E-state index in [-0.39, 0.29) is 12.3 Å². The van der Waals surface area contributed by atoms with Gasteiger partial charge in [-0.15, -0.1) is 0 Å². The van der Waals surface area contributed by atoms with Crippen molar-refractivity contribution in [3.05, 3.63) is 70.2 Å². The number of anilines is 1. The van der Waals surface area contributed by atoms with Gasteiger partial charge in [0.15, 0.2) is 0 Å². The largest absolute Gasteiger partial charge is 0.326 e. The van der Waals surface area contributed by atoms with Crippen LogP contribution in [-0.2, 0) is 9.63 Å². The van der Waals surface area contributed by atoms with Crippen LogP contribution in [0.4, 0.5) is 5.69 Å². The number of para-hydroxylation sites is 1. The monoisotopic (exact) mass is 350 g/mol. The van der Waals surface area contributed by atoms with Crippen molar-refractivity contribution in [2.24, 2.45) is 0 Å². The zero-order chi connectivity index (χ0) is 16.7. The van der Waals surface area contributed by atoms with Crippen molar-refractivity contribution in [1.29, 1.82) is 0 Å². The standard InChI is InChI=1S/C17H16Cl2N2O2/c1-23-21-16(12-7-8-14(18)15(19)11-12)9-10-17(22)20-13-5-3-2-4-6-13/h2-9,11,21H,10H2,1H3,(H,20,22). The van der Waals surface area contributed by atoms with Crippen LogP contribution in [0, 0.1) is 0 Å². The first-order valence-corrected chi connectivity index (χ1v) is 7.65. The van der Waals surface area contributed by atoms with E-state index in [1.54, 1.807) is 24.3 Å². The van der Waals surface area contributed by atoms with E-state index in [0.29, 0.717) is 15.7 Å². The van der Waals surface area contributed by atoms with Crippen molar-refractivity contribution in [2.45, 2.75) is 6.42 Å². The lowest BCUT2D eigenvalue weighted by molar-refractivity contribution is -0.115. The molecular formula is C17H16Cl2N2O2. The smallest absolute Gasteiger partial charge is 0.228 e. The first kappa shape index (κ1) is 17.3. The number of nitrogens with one attached hydrogen (secondary N) is 2. The highest BCUT2D eigenvalue weighted by atomic mass is 35.5. The molecule has 2 rings (SSSR count). The Labute approximate surface area is 145 Å². The molecule has 1 amide bonds. The molecule has 2 aromatic rings. The molecule has 0 saturated heterocycles. The molecule has 2 aromatic carbocycles. The zero-order valence-corrected chi connectivity index (χ0v) is 14.0. The minimum Gasteiger partial charge on any atom is -0.326 e. The van der Waals surface area contributed by atoms with Crippen LogP contribution in [0.25, 0.3) is 5.70 Å². The summed E-state index contributed by atoms with van der Waals surface area (Å²) in [6.07, 6.45) is 1.90. The lowest BCUT2D eigenvalue weighted by atomic mass is 10.1. The highest BCUT2D eigenvalue weighted by Gasteiger charge is 2.07. The van der Waals surface area contributed by atoms with E-state index in [2.05, 4.69) is 10.8 Å². The molecule has 2 N–H and O–H groups in total. The van der Waals surface area contributed by atoms with E-state index >= 15 is 0 Å². The number of amides is 1. The third-order valence-electron chi connectivity index (χ3n) is 2.99. The van der Waals surface area contributed by atoms with Crippen LogP contribution >= 0.6 is 23.2 Å². The van der Waals surface area contributed by atoms with Gasteiger partial charge in [0.25, 0.3) is 0 Å². The third kappa shape index (κ3) is 5.28. The van der Waals surface area contributed by atoms with E-state index in [1.165, 1.54) is 7.11 Å². The van der Waals surface area contributed by atoms with Crippen molar-refractivity contribution in [3.8, 4) is 0 Å². The maximum atomic E-state index is 12.0. The number of hydrogen-bond acceptors (Lipinski definition) is 3. The number of hydrogen-bond donors (Lipinski definition) is 2. The number of benzene rings is 2. The summed E-state index contributed by atoms with van der Waals surface area (Å²) in [6.45, 7) is 0. The van der Waals surface area contributed by atoms with Crippen LogP contribution in [0.2, 0.25) is 10.0 Å². The van der Waals surface area contributed by atoms with Gasteiger partial charge in [0.1, 0.15) is 0 Å². The molecule has 6 heteroatoms. The number of carbonyl (C=O) groups is 1. The van der Waals surface area contributed by atoms with Crippen LogP contribution < -0.4 is 10.8 Å². The van der Waals surface area contributed by atoms with Gasteiger partial charge in [0, 0.05) is 17.7 Å². The van der Waals surface area contributed by atoms with Crippen molar-refractivity contribution in [2.75, 3.05) is 12.4 Å². The van der Waals surface area contributed by atoms with Gasteiger partial charge in [-0.1, -0.05) is 47.5 Å². The molecule has 0 atom stereocenters. The molecule has 0 aromatic heterocycles. The summed E-state index contributed by atoms with van der Waals surface area (Å²) in [6, 6.07) is 14.5. The summed E-state index contributed by atoms with van der Waals surface area (Å²) < 4.78 is 0. The summed E-state index contributed by atoms with van der Waals surface area (Å²) in [4.78, 5) is 17.0. The van der Waals surface area contributed by atoms with Gasteiger partial charge in [-0.3, -0.25) is 15.1 Å². The summed E-state index contributed by atoms with van der Waals surface area (Å²) in [5.41, 5.74) is 4.90. The molecule has 120 valence electrons. The fourth-order valence-electron chi connectivity index (χ4n) is 1.92. The fraction of sp³-hybridized carbons (Fsp3) is 0.118. The summed E-state index contributed by atoms with van der Waals surface area (Å²) in [5, 5.41) is 3.71. The van der Waals surface area contributed by atoms with E-state index in [1.807, 2.05) is 30.3 Å².